The average molecular weight is 500 g/mol. The third-order valence-corrected chi connectivity index (χ3v) is 6.80. The van der Waals surface area contributed by atoms with Crippen molar-refractivity contribution in [3.05, 3.63) is 83.2 Å². The molecule has 0 saturated carbocycles. The lowest BCUT2D eigenvalue weighted by Gasteiger charge is -2.18. The molecule has 5 rings (SSSR count). The minimum absolute atomic E-state index is 0.196. The van der Waals surface area contributed by atoms with Crippen LogP contribution in [0.5, 0.6) is 0 Å². The number of rotatable bonds is 7. The van der Waals surface area contributed by atoms with Crippen molar-refractivity contribution in [1.29, 1.82) is 0 Å². The van der Waals surface area contributed by atoms with Crippen LogP contribution >= 0.6 is 11.6 Å². The van der Waals surface area contributed by atoms with Crippen LogP contribution in [-0.4, -0.2) is 31.1 Å². The van der Waals surface area contributed by atoms with E-state index in [1.807, 2.05) is 12.1 Å². The molecule has 0 saturated heterocycles. The van der Waals surface area contributed by atoms with E-state index in [0.717, 1.165) is 40.6 Å². The Balaban J connectivity index is 1.38. The molecule has 0 aliphatic heterocycles. The molecule has 0 radical (unpaired) electrons. The van der Waals surface area contributed by atoms with Crippen molar-refractivity contribution in [2.75, 3.05) is 5.32 Å². The van der Waals surface area contributed by atoms with Gasteiger partial charge in [-0.15, -0.1) is 0 Å². The van der Waals surface area contributed by atoms with Gasteiger partial charge in [0.1, 0.15) is 5.60 Å². The van der Waals surface area contributed by atoms with Gasteiger partial charge in [-0.1, -0.05) is 29.8 Å². The first-order valence-corrected chi connectivity index (χ1v) is 12.5. The van der Waals surface area contributed by atoms with Crippen LogP contribution in [0.1, 0.15) is 44.1 Å². The number of aryl methyl sites for hydroxylation is 2. The molecular weight excluding hydrogens is 470 g/mol. The van der Waals surface area contributed by atoms with E-state index in [0.29, 0.717) is 10.8 Å². The molecule has 0 bridgehead atoms. The Kier molecular flexibility index (Phi) is 6.41. The molecule has 0 aliphatic carbocycles. The van der Waals surface area contributed by atoms with Gasteiger partial charge in [-0.3, -0.25) is 4.98 Å². The van der Waals surface area contributed by atoms with Crippen molar-refractivity contribution >= 4 is 39.1 Å². The highest BCUT2D eigenvalue weighted by Crippen LogP contribution is 2.34. The summed E-state index contributed by atoms with van der Waals surface area (Å²) in [5, 5.41) is 16.6. The molecule has 0 aliphatic rings. The Hall–Kier alpha value is -3.48. The highest BCUT2D eigenvalue weighted by molar-refractivity contribution is 6.34. The predicted octanol–water partition coefficient (Wildman–Crippen LogP) is 6.80. The predicted molar refractivity (Wildman–Crippen MR) is 147 cm³/mol. The van der Waals surface area contributed by atoms with E-state index in [1.165, 1.54) is 22.0 Å². The van der Waals surface area contributed by atoms with Crippen LogP contribution in [0, 0.1) is 6.92 Å². The van der Waals surface area contributed by atoms with Gasteiger partial charge in [0, 0.05) is 52.7 Å². The summed E-state index contributed by atoms with van der Waals surface area (Å²) in [5.74, 6) is 0.387. The molecule has 3 N–H and O–H groups in total. The number of hydrogen-bond acceptors (Lipinski definition) is 5. The maximum absolute atomic E-state index is 10.2. The average Bonchev–Trinajstić information content (AvgIpc) is 3.25. The number of fused-ring (bicyclic) bond motifs is 2. The highest BCUT2D eigenvalue weighted by atomic mass is 35.5. The normalized spacial score (nSPS) is 12.8. The summed E-state index contributed by atoms with van der Waals surface area (Å²) in [4.78, 5) is 16.6. The van der Waals surface area contributed by atoms with Crippen molar-refractivity contribution in [2.24, 2.45) is 0 Å². The molecule has 1 atom stereocenters. The zero-order valence-corrected chi connectivity index (χ0v) is 21.7. The summed E-state index contributed by atoms with van der Waals surface area (Å²) < 4.78 is 0. The van der Waals surface area contributed by atoms with Gasteiger partial charge in [0.2, 0.25) is 0 Å². The Bertz CT molecular complexity index is 1540. The largest absolute Gasteiger partial charge is 0.382 e. The SMILES string of the molecule is Cc1ccc2c(CCC(C)Nc3c(Cl)cnc4ccc(-c5cnc(C(C)(C)O)nc5)cc34)c[nH]c2c1. The van der Waals surface area contributed by atoms with Crippen LogP contribution in [0.3, 0.4) is 0 Å². The monoisotopic (exact) mass is 499 g/mol. The van der Waals surface area contributed by atoms with Gasteiger partial charge in [-0.05, 0) is 75.4 Å². The molecule has 0 amide bonds. The van der Waals surface area contributed by atoms with Gasteiger partial charge >= 0.3 is 0 Å². The molecule has 5 aromatic rings. The van der Waals surface area contributed by atoms with E-state index in [1.54, 1.807) is 32.4 Å². The molecule has 36 heavy (non-hydrogen) atoms. The number of H-pyrrole nitrogens is 1. The Labute approximate surface area is 215 Å². The zero-order chi connectivity index (χ0) is 25.4. The molecule has 2 aromatic carbocycles. The van der Waals surface area contributed by atoms with E-state index >= 15 is 0 Å². The fraction of sp³-hybridized carbons (Fsp3) is 0.276. The number of aliphatic hydroxyl groups is 1. The van der Waals surface area contributed by atoms with Gasteiger partial charge < -0.3 is 15.4 Å². The van der Waals surface area contributed by atoms with Crippen LogP contribution in [-0.2, 0) is 12.0 Å². The molecule has 1 unspecified atom stereocenters. The number of nitrogens with one attached hydrogen (secondary N) is 2. The van der Waals surface area contributed by atoms with E-state index in [9.17, 15) is 5.11 Å². The topological polar surface area (TPSA) is 86.7 Å². The zero-order valence-electron chi connectivity index (χ0n) is 20.9. The maximum atomic E-state index is 10.2. The van der Waals surface area contributed by atoms with Crippen LogP contribution < -0.4 is 5.32 Å². The van der Waals surface area contributed by atoms with Crippen molar-refractivity contribution in [2.45, 2.75) is 52.2 Å². The fourth-order valence-corrected chi connectivity index (χ4v) is 4.69. The Morgan fingerprint density at radius 3 is 2.53 bits per heavy atom. The molecule has 6 nitrogen and oxygen atoms in total. The van der Waals surface area contributed by atoms with Crippen molar-refractivity contribution < 1.29 is 5.11 Å². The smallest absolute Gasteiger partial charge is 0.159 e. The van der Waals surface area contributed by atoms with Gasteiger partial charge in [0.05, 0.1) is 16.2 Å². The summed E-state index contributed by atoms with van der Waals surface area (Å²) in [6.07, 6.45) is 9.18. The quantitative estimate of drug-likeness (QED) is 0.229. The first-order chi connectivity index (χ1) is 17.2. The number of nitrogens with zero attached hydrogens (tertiary/aromatic N) is 3. The van der Waals surface area contributed by atoms with Crippen LogP contribution in [0.4, 0.5) is 5.69 Å². The standard InChI is InChI=1S/C29H30ClN5O/c1-17-5-9-22-20(13-31-26(22)11-17)7-6-18(2)35-27-23-12-19(8-10-25(23)32-16-24(27)30)21-14-33-28(34-15-21)29(3,4)36/h5,8-16,18,31,36H,6-7H2,1-4H3,(H,32,35). The second-order valence-corrected chi connectivity index (χ2v) is 10.4. The minimum atomic E-state index is -1.09. The van der Waals surface area contributed by atoms with Gasteiger partial charge in [-0.25, -0.2) is 9.97 Å². The lowest BCUT2D eigenvalue weighted by Crippen LogP contribution is -2.19. The number of benzene rings is 2. The van der Waals surface area contributed by atoms with E-state index in [2.05, 4.69) is 69.6 Å². The summed E-state index contributed by atoms with van der Waals surface area (Å²) in [6.45, 7) is 7.63. The molecule has 3 heterocycles. The van der Waals surface area contributed by atoms with Crippen LogP contribution in [0.2, 0.25) is 5.02 Å². The third-order valence-electron chi connectivity index (χ3n) is 6.51. The second-order valence-electron chi connectivity index (χ2n) is 10.0. The van der Waals surface area contributed by atoms with Crippen LogP contribution in [0.15, 0.2) is 61.2 Å². The number of anilines is 1. The molecule has 0 fully saturated rings. The number of pyridine rings is 1. The van der Waals surface area contributed by atoms with Crippen molar-refractivity contribution in [3.63, 3.8) is 0 Å². The highest BCUT2D eigenvalue weighted by Gasteiger charge is 2.19. The number of aromatic nitrogens is 4. The summed E-state index contributed by atoms with van der Waals surface area (Å²) in [5.41, 5.74) is 6.22. The fourth-order valence-electron chi connectivity index (χ4n) is 4.49. The van der Waals surface area contributed by atoms with Gasteiger partial charge in [0.25, 0.3) is 0 Å². The summed E-state index contributed by atoms with van der Waals surface area (Å²) in [6, 6.07) is 12.8. The lowest BCUT2D eigenvalue weighted by molar-refractivity contribution is 0.0687. The lowest BCUT2D eigenvalue weighted by atomic mass is 10.0. The Morgan fingerprint density at radius 2 is 1.78 bits per heavy atom. The molecule has 7 heteroatoms. The van der Waals surface area contributed by atoms with Gasteiger partial charge in [0.15, 0.2) is 5.82 Å². The molecule has 3 aromatic heterocycles. The minimum Gasteiger partial charge on any atom is -0.382 e. The van der Waals surface area contributed by atoms with Crippen LogP contribution in [0.25, 0.3) is 32.9 Å². The maximum Gasteiger partial charge on any atom is 0.159 e. The third kappa shape index (κ3) is 4.92. The van der Waals surface area contributed by atoms with Crippen molar-refractivity contribution in [3.8, 4) is 11.1 Å². The van der Waals surface area contributed by atoms with E-state index in [-0.39, 0.29) is 6.04 Å². The first-order valence-electron chi connectivity index (χ1n) is 12.2. The van der Waals surface area contributed by atoms with Crippen molar-refractivity contribution in [1.82, 2.24) is 19.9 Å². The summed E-state index contributed by atoms with van der Waals surface area (Å²) >= 11 is 6.63. The second kappa shape index (κ2) is 9.52. The Morgan fingerprint density at radius 1 is 1.00 bits per heavy atom. The number of aromatic amines is 1. The molecular formula is C29H30ClN5O. The first kappa shape index (κ1) is 24.2. The molecule has 0 spiro atoms. The summed E-state index contributed by atoms with van der Waals surface area (Å²) in [7, 11) is 0. The number of halogens is 1. The van der Waals surface area contributed by atoms with E-state index < -0.39 is 5.60 Å². The van der Waals surface area contributed by atoms with Gasteiger partial charge in [-0.2, -0.15) is 0 Å². The number of hydrogen-bond donors (Lipinski definition) is 3. The molecule has 184 valence electrons. The van der Waals surface area contributed by atoms with E-state index in [4.69, 9.17) is 11.6 Å².